The van der Waals surface area contributed by atoms with Gasteiger partial charge in [0, 0.05) is 0 Å². The average Bonchev–Trinajstić information content (AvgIpc) is 2.64. The summed E-state index contributed by atoms with van der Waals surface area (Å²) < 4.78 is 10.4. The fraction of sp³-hybridized carbons (Fsp3) is 0.889. The average molecular weight is 266 g/mol. The van der Waals surface area contributed by atoms with Crippen molar-refractivity contribution in [2.75, 3.05) is 39.9 Å². The van der Waals surface area contributed by atoms with E-state index in [0.717, 1.165) is 9.80 Å². The van der Waals surface area contributed by atoms with Crippen LogP contribution >= 0.6 is 0 Å². The minimum atomic E-state index is -0.951. The molecule has 1 fully saturated rings. The molecule has 0 aromatic carbocycles. The van der Waals surface area contributed by atoms with E-state index in [9.17, 15) is 4.79 Å². The molecule has 106 valence electrons. The number of carbonyl (C=O) groups excluding carboxylic acids is 1. The van der Waals surface area contributed by atoms with E-state index in [-0.39, 0.29) is 26.4 Å². The van der Waals surface area contributed by atoms with Crippen LogP contribution in [0.3, 0.4) is 0 Å². The second-order valence-electron chi connectivity index (χ2n) is 3.47. The molecule has 9 heteroatoms. The van der Waals surface area contributed by atoms with Gasteiger partial charge in [-0.15, -0.1) is 0 Å². The van der Waals surface area contributed by atoms with Crippen LogP contribution in [0.15, 0.2) is 0 Å². The van der Waals surface area contributed by atoms with Crippen molar-refractivity contribution in [1.29, 1.82) is 0 Å². The number of hydrogen-bond donors (Lipinski definition) is 4. The highest BCUT2D eigenvalue weighted by Gasteiger charge is 2.46. The zero-order chi connectivity index (χ0) is 13.5. The summed E-state index contributed by atoms with van der Waals surface area (Å²) in [4.78, 5) is 13.7. The van der Waals surface area contributed by atoms with Crippen molar-refractivity contribution in [1.82, 2.24) is 9.80 Å². The third kappa shape index (κ3) is 3.07. The Labute approximate surface area is 104 Å². The van der Waals surface area contributed by atoms with Crippen LogP contribution in [0, 0.1) is 0 Å². The van der Waals surface area contributed by atoms with Gasteiger partial charge in [-0.05, 0) is 0 Å². The van der Waals surface area contributed by atoms with Gasteiger partial charge in [-0.25, -0.2) is 4.79 Å². The normalized spacial score (nSPS) is 24.1. The summed E-state index contributed by atoms with van der Waals surface area (Å²) in [5.41, 5.74) is 0. The highest BCUT2D eigenvalue weighted by molar-refractivity contribution is 5.77. The molecular formula is C9H18N2O7. The lowest BCUT2D eigenvalue weighted by Crippen LogP contribution is -2.42. The monoisotopic (exact) mass is 266 g/mol. The minimum absolute atomic E-state index is 0.0489. The van der Waals surface area contributed by atoms with E-state index in [2.05, 4.69) is 0 Å². The molecule has 2 unspecified atom stereocenters. The molecular weight excluding hydrogens is 248 g/mol. The van der Waals surface area contributed by atoms with Crippen LogP contribution in [0.1, 0.15) is 0 Å². The topological polar surface area (TPSA) is 123 Å². The SMILES string of the molecule is O=C1N(CO)C(OCCO)C(OCCO)N1CO. The van der Waals surface area contributed by atoms with Gasteiger partial charge in [-0.1, -0.05) is 0 Å². The molecule has 9 nitrogen and oxygen atoms in total. The number of aliphatic hydroxyl groups is 4. The lowest BCUT2D eigenvalue weighted by molar-refractivity contribution is -0.159. The number of ether oxygens (including phenoxy) is 2. The van der Waals surface area contributed by atoms with Gasteiger partial charge >= 0.3 is 6.03 Å². The Balaban J connectivity index is 2.79. The number of hydrogen-bond acceptors (Lipinski definition) is 7. The van der Waals surface area contributed by atoms with Crippen LogP contribution in [-0.2, 0) is 9.47 Å². The molecule has 0 bridgehead atoms. The summed E-state index contributed by atoms with van der Waals surface area (Å²) in [7, 11) is 0. The van der Waals surface area contributed by atoms with E-state index in [1.54, 1.807) is 0 Å². The van der Waals surface area contributed by atoms with Crippen molar-refractivity contribution in [2.24, 2.45) is 0 Å². The molecule has 1 aliphatic heterocycles. The minimum Gasteiger partial charge on any atom is -0.394 e. The fourth-order valence-corrected chi connectivity index (χ4v) is 1.66. The van der Waals surface area contributed by atoms with Gasteiger partial charge in [-0.2, -0.15) is 0 Å². The predicted octanol–water partition coefficient (Wildman–Crippen LogP) is -2.71. The smallest absolute Gasteiger partial charge is 0.328 e. The highest BCUT2D eigenvalue weighted by Crippen LogP contribution is 2.23. The van der Waals surface area contributed by atoms with Gasteiger partial charge in [0.2, 0.25) is 0 Å². The summed E-state index contributed by atoms with van der Waals surface area (Å²) in [5, 5.41) is 35.6. The summed E-state index contributed by atoms with van der Waals surface area (Å²) in [6.45, 7) is -1.82. The van der Waals surface area contributed by atoms with Crippen LogP contribution in [0.2, 0.25) is 0 Å². The first-order valence-electron chi connectivity index (χ1n) is 5.45. The second kappa shape index (κ2) is 7.46. The zero-order valence-electron chi connectivity index (χ0n) is 9.81. The zero-order valence-corrected chi connectivity index (χ0v) is 9.81. The van der Waals surface area contributed by atoms with Gasteiger partial charge in [0.15, 0.2) is 12.5 Å². The highest BCUT2D eigenvalue weighted by atomic mass is 16.6. The van der Waals surface area contributed by atoms with Crippen molar-refractivity contribution in [3.63, 3.8) is 0 Å². The summed E-state index contributed by atoms with van der Waals surface area (Å²) in [6, 6.07) is -0.647. The quantitative estimate of drug-likeness (QED) is 0.377. The van der Waals surface area contributed by atoms with Crippen LogP contribution in [0.25, 0.3) is 0 Å². The van der Waals surface area contributed by atoms with Gasteiger partial charge in [0.05, 0.1) is 26.4 Å². The van der Waals surface area contributed by atoms with E-state index in [4.69, 9.17) is 29.9 Å². The Morgan fingerprint density at radius 1 is 0.889 bits per heavy atom. The van der Waals surface area contributed by atoms with Crippen LogP contribution in [0.5, 0.6) is 0 Å². The third-order valence-electron chi connectivity index (χ3n) is 2.41. The van der Waals surface area contributed by atoms with Crippen LogP contribution in [0.4, 0.5) is 4.79 Å². The predicted molar refractivity (Wildman–Crippen MR) is 56.9 cm³/mol. The Morgan fingerprint density at radius 2 is 1.28 bits per heavy atom. The molecule has 0 aromatic rings. The molecule has 1 saturated heterocycles. The van der Waals surface area contributed by atoms with Crippen LogP contribution in [-0.4, -0.2) is 88.6 Å². The summed E-state index contributed by atoms with van der Waals surface area (Å²) in [5.74, 6) is 0. The Morgan fingerprint density at radius 3 is 1.56 bits per heavy atom. The molecule has 1 rings (SSSR count). The molecule has 0 aromatic heterocycles. The third-order valence-corrected chi connectivity index (χ3v) is 2.41. The second-order valence-corrected chi connectivity index (χ2v) is 3.47. The number of rotatable bonds is 8. The molecule has 18 heavy (non-hydrogen) atoms. The Kier molecular flexibility index (Phi) is 6.25. The van der Waals surface area contributed by atoms with Gasteiger partial charge in [-0.3, -0.25) is 9.80 Å². The van der Waals surface area contributed by atoms with Crippen molar-refractivity contribution in [3.05, 3.63) is 0 Å². The van der Waals surface area contributed by atoms with Crippen molar-refractivity contribution >= 4 is 6.03 Å². The van der Waals surface area contributed by atoms with Gasteiger partial charge < -0.3 is 29.9 Å². The lowest BCUT2D eigenvalue weighted by atomic mass is 10.4. The van der Waals surface area contributed by atoms with Gasteiger partial charge in [0.1, 0.15) is 13.5 Å². The Bertz CT molecular complexity index is 241. The Hall–Kier alpha value is -0.970. The van der Waals surface area contributed by atoms with Crippen molar-refractivity contribution in [3.8, 4) is 0 Å². The maximum atomic E-state index is 11.8. The fourth-order valence-electron chi connectivity index (χ4n) is 1.66. The van der Waals surface area contributed by atoms with Crippen LogP contribution < -0.4 is 0 Å². The molecule has 2 atom stereocenters. The number of urea groups is 1. The first kappa shape index (κ1) is 15.1. The lowest BCUT2D eigenvalue weighted by Gasteiger charge is -2.26. The number of nitrogens with zero attached hydrogens (tertiary/aromatic N) is 2. The largest absolute Gasteiger partial charge is 0.394 e. The van der Waals surface area contributed by atoms with E-state index < -0.39 is 31.9 Å². The van der Waals surface area contributed by atoms with Crippen molar-refractivity contribution < 1.29 is 34.7 Å². The van der Waals surface area contributed by atoms with Crippen molar-refractivity contribution in [2.45, 2.75) is 12.5 Å². The van der Waals surface area contributed by atoms with E-state index in [1.807, 2.05) is 0 Å². The van der Waals surface area contributed by atoms with Gasteiger partial charge in [0.25, 0.3) is 0 Å². The summed E-state index contributed by atoms with van der Waals surface area (Å²) in [6.07, 6.45) is -1.90. The molecule has 0 spiro atoms. The number of carbonyl (C=O) groups is 1. The van der Waals surface area contributed by atoms with E-state index in [0.29, 0.717) is 0 Å². The maximum absolute atomic E-state index is 11.8. The molecule has 1 aliphatic rings. The van der Waals surface area contributed by atoms with E-state index in [1.165, 1.54) is 0 Å². The number of aliphatic hydroxyl groups excluding tert-OH is 4. The van der Waals surface area contributed by atoms with E-state index >= 15 is 0 Å². The maximum Gasteiger partial charge on any atom is 0.328 e. The number of amides is 2. The molecule has 2 amide bonds. The molecule has 0 aliphatic carbocycles. The molecule has 1 heterocycles. The first-order valence-corrected chi connectivity index (χ1v) is 5.45. The molecule has 0 saturated carbocycles. The standard InChI is InChI=1S/C9H18N2O7/c12-1-3-17-7-8(18-4-2-13)11(6-15)9(16)10(7)5-14/h7-8,12-15H,1-6H2. The molecule has 0 radical (unpaired) electrons. The summed E-state index contributed by atoms with van der Waals surface area (Å²) >= 11 is 0. The molecule has 4 N–H and O–H groups in total. The first-order chi connectivity index (χ1) is 8.71.